The van der Waals surface area contributed by atoms with Crippen molar-refractivity contribution in [3.63, 3.8) is 0 Å². The topological polar surface area (TPSA) is 85.4 Å². The van der Waals surface area contributed by atoms with E-state index in [2.05, 4.69) is 0 Å². The fraction of sp³-hybridized carbons (Fsp3) is 0.591. The van der Waals surface area contributed by atoms with E-state index in [-0.39, 0.29) is 11.8 Å². The molecule has 2 heterocycles. The first-order chi connectivity index (χ1) is 14.6. The van der Waals surface area contributed by atoms with Gasteiger partial charge >= 0.3 is 0 Å². The van der Waals surface area contributed by atoms with Crippen LogP contribution in [0.5, 0.6) is 0 Å². The van der Waals surface area contributed by atoms with Crippen molar-refractivity contribution in [3.8, 4) is 0 Å². The first-order valence-electron chi connectivity index (χ1n) is 10.5. The van der Waals surface area contributed by atoms with Crippen LogP contribution in [-0.4, -0.2) is 86.3 Å². The molecule has 1 saturated heterocycles. The summed E-state index contributed by atoms with van der Waals surface area (Å²) in [7, 11) is 0. The minimum absolute atomic E-state index is 0.184. The number of carbonyl (C=O) groups is 3. The Kier molecular flexibility index (Phi) is 7.95. The Bertz CT molecular complexity index is 721. The highest BCUT2D eigenvalue weighted by Crippen LogP contribution is 2.29. The van der Waals surface area contributed by atoms with E-state index in [4.69, 9.17) is 14.2 Å². The van der Waals surface area contributed by atoms with E-state index in [1.54, 1.807) is 29.2 Å². The van der Waals surface area contributed by atoms with Gasteiger partial charge in [-0.1, -0.05) is 32.4 Å². The second kappa shape index (κ2) is 10.7. The Hall–Kier alpha value is -2.29. The third kappa shape index (κ3) is 4.88. The summed E-state index contributed by atoms with van der Waals surface area (Å²) in [5, 5.41) is 0. The second-order valence-corrected chi connectivity index (χ2v) is 7.52. The molecule has 0 N–H and O–H groups in total. The molecular formula is C22H30N2O6. The van der Waals surface area contributed by atoms with Crippen molar-refractivity contribution in [3.05, 3.63) is 35.4 Å². The molecule has 8 nitrogen and oxygen atoms in total. The molecule has 8 heteroatoms. The fourth-order valence-corrected chi connectivity index (χ4v) is 3.70. The summed E-state index contributed by atoms with van der Waals surface area (Å²) in [6.45, 7) is 7.10. The minimum atomic E-state index is -0.862. The van der Waals surface area contributed by atoms with Crippen LogP contribution in [0.2, 0.25) is 0 Å². The highest BCUT2D eigenvalue weighted by Gasteiger charge is 2.45. The average molecular weight is 418 g/mol. The van der Waals surface area contributed by atoms with E-state index in [1.807, 2.05) is 13.8 Å². The van der Waals surface area contributed by atoms with Crippen LogP contribution >= 0.6 is 0 Å². The number of benzene rings is 1. The molecule has 0 bridgehead atoms. The van der Waals surface area contributed by atoms with Crippen LogP contribution in [0.3, 0.4) is 0 Å². The monoisotopic (exact) mass is 418 g/mol. The van der Waals surface area contributed by atoms with Gasteiger partial charge < -0.3 is 19.1 Å². The summed E-state index contributed by atoms with van der Waals surface area (Å²) in [4.78, 5) is 42.4. The van der Waals surface area contributed by atoms with Gasteiger partial charge in [0.25, 0.3) is 11.8 Å². The zero-order chi connectivity index (χ0) is 21.5. The van der Waals surface area contributed by atoms with Gasteiger partial charge in [-0.15, -0.1) is 0 Å². The lowest BCUT2D eigenvalue weighted by Gasteiger charge is -2.34. The van der Waals surface area contributed by atoms with Crippen LogP contribution in [0, 0.1) is 5.92 Å². The Labute approximate surface area is 177 Å². The van der Waals surface area contributed by atoms with E-state index in [1.165, 1.54) is 0 Å². The Morgan fingerprint density at radius 1 is 0.900 bits per heavy atom. The summed E-state index contributed by atoms with van der Waals surface area (Å²) in [6, 6.07) is 5.85. The number of fused-ring (bicyclic) bond motifs is 1. The molecule has 3 amide bonds. The molecule has 2 aliphatic rings. The van der Waals surface area contributed by atoms with E-state index in [0.717, 1.165) is 4.90 Å². The number of ether oxygens (including phenoxy) is 3. The number of carbonyl (C=O) groups excluding carboxylic acids is 3. The number of amides is 3. The van der Waals surface area contributed by atoms with Crippen LogP contribution in [0.25, 0.3) is 0 Å². The Morgan fingerprint density at radius 2 is 1.37 bits per heavy atom. The van der Waals surface area contributed by atoms with Gasteiger partial charge in [0.1, 0.15) is 6.04 Å². The van der Waals surface area contributed by atoms with E-state index < -0.39 is 17.9 Å². The van der Waals surface area contributed by atoms with Gasteiger partial charge in [0.15, 0.2) is 0 Å². The maximum atomic E-state index is 13.6. The maximum absolute atomic E-state index is 13.6. The molecule has 1 aromatic carbocycles. The van der Waals surface area contributed by atoms with E-state index in [0.29, 0.717) is 70.3 Å². The fourth-order valence-electron chi connectivity index (χ4n) is 3.70. The van der Waals surface area contributed by atoms with Gasteiger partial charge in [0, 0.05) is 13.1 Å². The van der Waals surface area contributed by atoms with Crippen molar-refractivity contribution in [2.75, 3.05) is 52.7 Å². The van der Waals surface area contributed by atoms with Crippen LogP contribution in [0.4, 0.5) is 0 Å². The largest absolute Gasteiger partial charge is 0.377 e. The SMILES string of the molecule is CC[C@@H](C)[C@@H](C(=O)N1CCOCCOCCOCC1)N1C(=O)c2ccccc2C1=O. The molecule has 0 spiro atoms. The van der Waals surface area contributed by atoms with Crippen molar-refractivity contribution < 1.29 is 28.6 Å². The van der Waals surface area contributed by atoms with Crippen molar-refractivity contribution >= 4 is 17.7 Å². The smallest absolute Gasteiger partial charge is 0.262 e. The molecule has 164 valence electrons. The second-order valence-electron chi connectivity index (χ2n) is 7.52. The average Bonchev–Trinajstić information content (AvgIpc) is 2.99. The molecule has 2 atom stereocenters. The van der Waals surface area contributed by atoms with Crippen molar-refractivity contribution in [2.24, 2.45) is 5.92 Å². The van der Waals surface area contributed by atoms with Gasteiger partial charge in [0.05, 0.1) is 50.8 Å². The lowest BCUT2D eigenvalue weighted by Crippen LogP contribution is -2.55. The van der Waals surface area contributed by atoms with Gasteiger partial charge in [-0.05, 0) is 18.1 Å². The number of rotatable bonds is 4. The lowest BCUT2D eigenvalue weighted by molar-refractivity contribution is -0.139. The molecule has 0 aliphatic carbocycles. The number of hydrogen-bond donors (Lipinski definition) is 0. The van der Waals surface area contributed by atoms with E-state index in [9.17, 15) is 14.4 Å². The van der Waals surface area contributed by atoms with Gasteiger partial charge in [-0.3, -0.25) is 19.3 Å². The predicted molar refractivity (Wildman–Crippen MR) is 109 cm³/mol. The molecule has 2 aliphatic heterocycles. The number of imide groups is 1. The summed E-state index contributed by atoms with van der Waals surface area (Å²) in [6.07, 6.45) is 0.655. The van der Waals surface area contributed by atoms with Crippen molar-refractivity contribution in [1.82, 2.24) is 9.80 Å². The predicted octanol–water partition coefficient (Wildman–Crippen LogP) is 1.59. The van der Waals surface area contributed by atoms with Crippen LogP contribution < -0.4 is 0 Å². The zero-order valence-corrected chi connectivity index (χ0v) is 17.7. The lowest BCUT2D eigenvalue weighted by atomic mass is 9.96. The number of hydrogen-bond acceptors (Lipinski definition) is 6. The highest BCUT2D eigenvalue weighted by molar-refractivity contribution is 6.22. The third-order valence-corrected chi connectivity index (χ3v) is 5.61. The third-order valence-electron chi connectivity index (χ3n) is 5.61. The molecule has 0 aromatic heterocycles. The Morgan fingerprint density at radius 3 is 1.83 bits per heavy atom. The summed E-state index contributed by atoms with van der Waals surface area (Å²) in [5.41, 5.74) is 0.702. The summed E-state index contributed by atoms with van der Waals surface area (Å²) >= 11 is 0. The van der Waals surface area contributed by atoms with Crippen molar-refractivity contribution in [1.29, 1.82) is 0 Å². The number of nitrogens with zero attached hydrogens (tertiary/aromatic N) is 2. The van der Waals surface area contributed by atoms with Crippen LogP contribution in [-0.2, 0) is 19.0 Å². The maximum Gasteiger partial charge on any atom is 0.262 e. The van der Waals surface area contributed by atoms with Gasteiger partial charge in [0.2, 0.25) is 5.91 Å². The first kappa shape index (κ1) is 22.4. The molecular weight excluding hydrogens is 388 g/mol. The summed E-state index contributed by atoms with van der Waals surface area (Å²) in [5.74, 6) is -1.25. The molecule has 1 aromatic rings. The van der Waals surface area contributed by atoms with Gasteiger partial charge in [-0.2, -0.15) is 0 Å². The minimum Gasteiger partial charge on any atom is -0.377 e. The molecule has 3 rings (SSSR count). The van der Waals surface area contributed by atoms with E-state index >= 15 is 0 Å². The molecule has 1 fully saturated rings. The van der Waals surface area contributed by atoms with Crippen LogP contribution in [0.15, 0.2) is 24.3 Å². The van der Waals surface area contributed by atoms with Crippen molar-refractivity contribution in [2.45, 2.75) is 26.3 Å². The molecule has 0 saturated carbocycles. The van der Waals surface area contributed by atoms with Gasteiger partial charge in [-0.25, -0.2) is 0 Å². The summed E-state index contributed by atoms with van der Waals surface area (Å²) < 4.78 is 16.5. The zero-order valence-electron chi connectivity index (χ0n) is 17.7. The first-order valence-corrected chi connectivity index (χ1v) is 10.5. The quantitative estimate of drug-likeness (QED) is 0.691. The molecule has 30 heavy (non-hydrogen) atoms. The van der Waals surface area contributed by atoms with Crippen LogP contribution in [0.1, 0.15) is 41.0 Å². The normalized spacial score (nSPS) is 20.9. The molecule has 0 unspecified atom stereocenters. The Balaban J connectivity index is 1.82. The highest BCUT2D eigenvalue weighted by atomic mass is 16.5. The standard InChI is InChI=1S/C22H30N2O6/c1-3-16(2)19(24-20(25)17-6-4-5-7-18(17)21(24)26)22(27)23-8-10-28-12-14-30-15-13-29-11-9-23/h4-7,16,19H,3,8-15H2,1-2H3/t16-,19+/m1/s1. The molecule has 0 radical (unpaired) electrons.